The number of Topliss-reactive ketones (excluding diaryl/α,β-unsaturated/α-hetero) is 1. The van der Waals surface area contributed by atoms with E-state index in [0.717, 1.165) is 10.0 Å². The van der Waals surface area contributed by atoms with Gasteiger partial charge in [-0.05, 0) is 37.0 Å². The molecule has 4 rings (SSSR count). The van der Waals surface area contributed by atoms with E-state index < -0.39 is 35.6 Å². The number of halogens is 2. The number of nitrogens with zero attached hydrogens (tertiary/aromatic N) is 2. The van der Waals surface area contributed by atoms with Gasteiger partial charge in [-0.1, -0.05) is 79.5 Å². The fourth-order valence-electron chi connectivity index (χ4n) is 4.74. The largest absolute Gasteiger partial charge is 0.292 e. The Kier molecular flexibility index (Phi) is 6.91. The normalized spacial score (nSPS) is 22.5. The number of hydrazine groups is 1. The minimum absolute atomic E-state index is 0.121. The molecule has 3 amide bonds. The molecule has 0 N–H and O–H groups in total. The summed E-state index contributed by atoms with van der Waals surface area (Å²) in [6.45, 7) is 3.61. The van der Waals surface area contributed by atoms with E-state index >= 15 is 0 Å². The molecule has 1 heterocycles. The van der Waals surface area contributed by atoms with Crippen molar-refractivity contribution in [3.63, 3.8) is 0 Å². The van der Waals surface area contributed by atoms with Crippen LogP contribution in [0.25, 0.3) is 0 Å². The van der Waals surface area contributed by atoms with Gasteiger partial charge >= 0.3 is 0 Å². The Labute approximate surface area is 208 Å². The number of ketones is 1. The van der Waals surface area contributed by atoms with E-state index in [0.29, 0.717) is 12.0 Å². The second kappa shape index (κ2) is 9.72. The number of imide groups is 1. The van der Waals surface area contributed by atoms with Crippen LogP contribution >= 0.6 is 23.2 Å². The van der Waals surface area contributed by atoms with Gasteiger partial charge in [0.15, 0.2) is 5.78 Å². The number of amides is 3. The van der Waals surface area contributed by atoms with Gasteiger partial charge in [0.05, 0.1) is 21.9 Å². The van der Waals surface area contributed by atoms with Gasteiger partial charge in [-0.3, -0.25) is 19.2 Å². The van der Waals surface area contributed by atoms with Crippen LogP contribution in [0, 0.1) is 17.8 Å². The topological polar surface area (TPSA) is 74.8 Å². The predicted molar refractivity (Wildman–Crippen MR) is 129 cm³/mol. The smallest absolute Gasteiger partial charge is 0.273 e. The van der Waals surface area contributed by atoms with Crippen molar-refractivity contribution in [3.8, 4) is 0 Å². The highest BCUT2D eigenvalue weighted by Gasteiger charge is 2.54. The van der Waals surface area contributed by atoms with Crippen molar-refractivity contribution in [2.24, 2.45) is 17.8 Å². The summed E-state index contributed by atoms with van der Waals surface area (Å²) in [5.74, 6) is -3.29. The van der Waals surface area contributed by atoms with E-state index in [1.54, 1.807) is 37.3 Å². The third-order valence-electron chi connectivity index (χ3n) is 6.48. The van der Waals surface area contributed by atoms with E-state index in [1.807, 2.05) is 19.1 Å². The molecule has 4 atom stereocenters. The molecule has 0 saturated carbocycles. The van der Waals surface area contributed by atoms with Crippen LogP contribution in [0.1, 0.15) is 47.4 Å². The molecule has 0 radical (unpaired) electrons. The highest BCUT2D eigenvalue weighted by molar-refractivity contribution is 6.42. The number of hydrogen-bond acceptors (Lipinski definition) is 4. The Hall–Kier alpha value is -2.96. The van der Waals surface area contributed by atoms with Gasteiger partial charge in [-0.2, -0.15) is 5.01 Å². The molecule has 0 bridgehead atoms. The van der Waals surface area contributed by atoms with Crippen LogP contribution in [0.4, 0.5) is 0 Å². The molecule has 8 heteroatoms. The maximum absolute atomic E-state index is 13.8. The summed E-state index contributed by atoms with van der Waals surface area (Å²) < 4.78 is 0. The lowest BCUT2D eigenvalue weighted by molar-refractivity contribution is -0.156. The lowest BCUT2D eigenvalue weighted by Crippen LogP contribution is -2.57. The average Bonchev–Trinajstić information content (AvgIpc) is 3.09. The Bertz CT molecular complexity index is 1180. The van der Waals surface area contributed by atoms with Gasteiger partial charge in [0.25, 0.3) is 17.7 Å². The van der Waals surface area contributed by atoms with Gasteiger partial charge in [0.2, 0.25) is 0 Å². The van der Waals surface area contributed by atoms with Crippen molar-refractivity contribution in [3.05, 3.63) is 81.9 Å². The molecular weight excluding hydrogens is 475 g/mol. The zero-order valence-corrected chi connectivity index (χ0v) is 20.3. The Morgan fingerprint density at radius 3 is 2.35 bits per heavy atom. The lowest BCUT2D eigenvalue weighted by Gasteiger charge is -2.36. The van der Waals surface area contributed by atoms with Crippen LogP contribution < -0.4 is 0 Å². The number of rotatable bonds is 6. The first-order valence-corrected chi connectivity index (χ1v) is 11.9. The third-order valence-corrected chi connectivity index (χ3v) is 7.22. The first-order chi connectivity index (χ1) is 16.3. The Morgan fingerprint density at radius 2 is 1.74 bits per heavy atom. The lowest BCUT2D eigenvalue weighted by atomic mass is 9.78. The van der Waals surface area contributed by atoms with E-state index in [4.69, 9.17) is 23.2 Å². The van der Waals surface area contributed by atoms with Crippen LogP contribution in [0.5, 0.6) is 0 Å². The van der Waals surface area contributed by atoms with Gasteiger partial charge in [-0.25, -0.2) is 5.01 Å². The van der Waals surface area contributed by atoms with Gasteiger partial charge < -0.3 is 0 Å². The summed E-state index contributed by atoms with van der Waals surface area (Å²) in [6.07, 6.45) is 4.40. The molecule has 6 nitrogen and oxygen atoms in total. The zero-order valence-electron chi connectivity index (χ0n) is 18.8. The number of carbonyl (C=O) groups excluding carboxylic acids is 4. The SMILES string of the molecule is CC[C@H](C(=O)c1ccccc1)N(C(=O)c1ccc(Cl)c(Cl)c1)N1C(=O)[C@H]2[C@@H](C)C=CC[C@H]2C1=O. The van der Waals surface area contributed by atoms with E-state index in [1.165, 1.54) is 18.2 Å². The van der Waals surface area contributed by atoms with Crippen LogP contribution in [0.2, 0.25) is 10.0 Å². The summed E-state index contributed by atoms with van der Waals surface area (Å²) in [5.41, 5.74) is 0.503. The molecular formula is C26H24Cl2N2O4. The molecule has 2 aromatic carbocycles. The number of carbonyl (C=O) groups is 4. The monoisotopic (exact) mass is 498 g/mol. The van der Waals surface area contributed by atoms with Crippen molar-refractivity contribution >= 4 is 46.7 Å². The summed E-state index contributed by atoms with van der Waals surface area (Å²) in [6, 6.07) is 11.8. The maximum atomic E-state index is 13.8. The molecule has 2 aliphatic rings. The summed E-state index contributed by atoms with van der Waals surface area (Å²) in [5, 5.41) is 2.35. The van der Waals surface area contributed by atoms with Crippen molar-refractivity contribution < 1.29 is 19.2 Å². The standard InChI is InChI=1S/C26H24Cl2N2O4/c1-3-21(23(31)16-9-5-4-6-10-16)29(24(32)17-12-13-19(27)20(28)14-17)30-25(33)18-11-7-8-15(2)22(18)26(30)34/h4-10,12-15,18,21-22H,3,11H2,1-2H3/t15-,18+,21+,22-/m0/s1. The zero-order chi connectivity index (χ0) is 24.6. The minimum atomic E-state index is -1.07. The molecule has 0 spiro atoms. The second-order valence-corrected chi connectivity index (χ2v) is 9.39. The second-order valence-electron chi connectivity index (χ2n) is 8.58. The molecule has 1 fully saturated rings. The number of fused-ring (bicyclic) bond motifs is 1. The number of hydrogen-bond donors (Lipinski definition) is 0. The van der Waals surface area contributed by atoms with E-state index in [2.05, 4.69) is 0 Å². The quantitative estimate of drug-likeness (QED) is 0.311. The van der Waals surface area contributed by atoms with Crippen molar-refractivity contribution in [1.29, 1.82) is 0 Å². The summed E-state index contributed by atoms with van der Waals surface area (Å²) in [4.78, 5) is 54.4. The van der Waals surface area contributed by atoms with Crippen LogP contribution in [0.3, 0.4) is 0 Å². The fourth-order valence-corrected chi connectivity index (χ4v) is 5.04. The maximum Gasteiger partial charge on any atom is 0.273 e. The third kappa shape index (κ3) is 4.17. The van der Waals surface area contributed by atoms with Crippen LogP contribution in [-0.2, 0) is 9.59 Å². The minimum Gasteiger partial charge on any atom is -0.292 e. The highest BCUT2D eigenvalue weighted by atomic mass is 35.5. The molecule has 0 unspecified atom stereocenters. The van der Waals surface area contributed by atoms with Gasteiger partial charge in [-0.15, -0.1) is 0 Å². The average molecular weight is 499 g/mol. The van der Waals surface area contributed by atoms with Crippen molar-refractivity contribution in [1.82, 2.24) is 10.0 Å². The first-order valence-electron chi connectivity index (χ1n) is 11.2. The summed E-state index contributed by atoms with van der Waals surface area (Å²) >= 11 is 12.2. The molecule has 176 valence electrons. The van der Waals surface area contributed by atoms with E-state index in [9.17, 15) is 19.2 Å². The van der Waals surface area contributed by atoms with Gasteiger partial charge in [0.1, 0.15) is 6.04 Å². The predicted octanol–water partition coefficient (Wildman–Crippen LogP) is 5.21. The first kappa shape index (κ1) is 24.2. The number of allylic oxidation sites excluding steroid dienone is 2. The van der Waals surface area contributed by atoms with Crippen molar-refractivity contribution in [2.45, 2.75) is 32.7 Å². The Morgan fingerprint density at radius 1 is 1.03 bits per heavy atom. The van der Waals surface area contributed by atoms with Crippen LogP contribution in [0.15, 0.2) is 60.7 Å². The number of benzene rings is 2. The van der Waals surface area contributed by atoms with E-state index in [-0.39, 0.29) is 33.7 Å². The molecule has 1 aliphatic carbocycles. The van der Waals surface area contributed by atoms with Gasteiger partial charge in [0, 0.05) is 11.1 Å². The molecule has 0 aromatic heterocycles. The Balaban J connectivity index is 1.81. The fraction of sp³-hybridized carbons (Fsp3) is 0.308. The molecule has 2 aromatic rings. The molecule has 34 heavy (non-hydrogen) atoms. The molecule has 1 aliphatic heterocycles. The van der Waals surface area contributed by atoms with Crippen LogP contribution in [-0.4, -0.2) is 39.6 Å². The highest BCUT2D eigenvalue weighted by Crippen LogP contribution is 2.40. The summed E-state index contributed by atoms with van der Waals surface area (Å²) in [7, 11) is 0. The molecule has 1 saturated heterocycles. The van der Waals surface area contributed by atoms with Crippen molar-refractivity contribution in [2.75, 3.05) is 0 Å².